The summed E-state index contributed by atoms with van der Waals surface area (Å²) >= 11 is 4.15. The second-order valence-corrected chi connectivity index (χ2v) is 7.55. The van der Waals surface area contributed by atoms with Crippen LogP contribution in [0.25, 0.3) is 0 Å². The molecule has 0 bridgehead atoms. The number of amides is 3. The van der Waals surface area contributed by atoms with Gasteiger partial charge in [0.05, 0.1) is 17.9 Å². The van der Waals surface area contributed by atoms with E-state index >= 15 is 0 Å². The highest BCUT2D eigenvalue weighted by Gasteiger charge is 2.37. The fraction of sp³-hybridized carbons (Fsp3) is 0.261. The third-order valence-electron chi connectivity index (χ3n) is 5.03. The van der Waals surface area contributed by atoms with E-state index in [4.69, 9.17) is 0 Å². The Labute approximate surface area is 191 Å². The molecule has 8 nitrogen and oxygen atoms in total. The van der Waals surface area contributed by atoms with Crippen molar-refractivity contribution in [1.29, 1.82) is 0 Å². The number of carbonyl (C=O) groups excluding carboxylic acids is 4. The molecule has 0 saturated carbocycles. The van der Waals surface area contributed by atoms with Crippen LogP contribution in [0.2, 0.25) is 0 Å². The number of anilines is 1. The summed E-state index contributed by atoms with van der Waals surface area (Å²) in [4.78, 5) is 56.5. The van der Waals surface area contributed by atoms with Crippen LogP contribution in [-0.2, 0) is 19.2 Å². The zero-order valence-electron chi connectivity index (χ0n) is 17.7. The van der Waals surface area contributed by atoms with Gasteiger partial charge in [-0.15, -0.1) is 0 Å². The minimum Gasteiger partial charge on any atom is -0.344 e. The quantitative estimate of drug-likeness (QED) is 0.618. The zero-order chi connectivity index (χ0) is 23.3. The number of hydrogen-bond donors (Lipinski definition) is 2. The first-order valence-corrected chi connectivity index (χ1v) is 10.6. The van der Waals surface area contributed by atoms with Gasteiger partial charge in [0.25, 0.3) is 5.91 Å². The van der Waals surface area contributed by atoms with Crippen molar-refractivity contribution in [3.63, 3.8) is 0 Å². The Hall–Kier alpha value is -3.46. The van der Waals surface area contributed by atoms with Crippen molar-refractivity contribution < 1.29 is 19.2 Å². The third kappa shape index (κ3) is 4.72. The topological polar surface area (TPSA) is 99.2 Å². The Morgan fingerprint density at radius 3 is 2.47 bits per heavy atom. The first-order valence-electron chi connectivity index (χ1n) is 9.92. The van der Waals surface area contributed by atoms with Crippen LogP contribution < -0.4 is 10.2 Å². The average molecular weight is 452 g/mol. The fourth-order valence-electron chi connectivity index (χ4n) is 3.52. The SMILES string of the molecule is CC(=O)NC(CS)C(=O)N(C)C1N=C(c2ccccc2)c2ccccc2N(C[C]=O)C1=O. The summed E-state index contributed by atoms with van der Waals surface area (Å²) in [5.41, 5.74) is 2.41. The van der Waals surface area contributed by atoms with E-state index in [2.05, 4.69) is 22.9 Å². The van der Waals surface area contributed by atoms with Crippen molar-refractivity contribution in [2.24, 2.45) is 4.99 Å². The summed E-state index contributed by atoms with van der Waals surface area (Å²) in [6.07, 6.45) is 0.516. The largest absolute Gasteiger partial charge is 0.344 e. The van der Waals surface area contributed by atoms with Gasteiger partial charge in [-0.2, -0.15) is 12.6 Å². The number of thiol groups is 1. The van der Waals surface area contributed by atoms with Gasteiger partial charge in [-0.3, -0.25) is 19.2 Å². The van der Waals surface area contributed by atoms with Crippen LogP contribution >= 0.6 is 12.6 Å². The maximum absolute atomic E-state index is 13.5. The van der Waals surface area contributed by atoms with Gasteiger partial charge in [-0.1, -0.05) is 48.5 Å². The summed E-state index contributed by atoms with van der Waals surface area (Å²) < 4.78 is 0. The lowest BCUT2D eigenvalue weighted by atomic mass is 10.0. The maximum atomic E-state index is 13.5. The molecule has 1 aliphatic rings. The van der Waals surface area contributed by atoms with Crippen molar-refractivity contribution >= 4 is 48.0 Å². The number of aliphatic imine (C=N–C) groups is 1. The van der Waals surface area contributed by atoms with Crippen LogP contribution in [0.5, 0.6) is 0 Å². The van der Waals surface area contributed by atoms with Crippen molar-refractivity contribution in [2.75, 3.05) is 24.2 Å². The average Bonchev–Trinajstić information content (AvgIpc) is 2.92. The van der Waals surface area contributed by atoms with Gasteiger partial charge in [0.1, 0.15) is 6.04 Å². The summed E-state index contributed by atoms with van der Waals surface area (Å²) in [6, 6.07) is 15.4. The number of fused-ring (bicyclic) bond motifs is 1. The number of hydrogen-bond acceptors (Lipinski definition) is 6. The van der Waals surface area contributed by atoms with E-state index < -0.39 is 29.9 Å². The molecular formula is C23H23N4O4S. The molecule has 9 heteroatoms. The van der Waals surface area contributed by atoms with Crippen LogP contribution in [-0.4, -0.2) is 66.2 Å². The van der Waals surface area contributed by atoms with Crippen molar-refractivity contribution in [3.05, 3.63) is 65.7 Å². The molecule has 2 aromatic rings. The van der Waals surface area contributed by atoms with Gasteiger partial charge < -0.3 is 15.1 Å². The molecular weight excluding hydrogens is 428 g/mol. The van der Waals surface area contributed by atoms with Crippen LogP contribution in [0, 0.1) is 0 Å². The van der Waals surface area contributed by atoms with Gasteiger partial charge in [0.2, 0.25) is 24.3 Å². The molecule has 0 spiro atoms. The molecule has 2 unspecified atom stereocenters. The van der Waals surface area contributed by atoms with Gasteiger partial charge in [-0.05, 0) is 6.07 Å². The van der Waals surface area contributed by atoms with Crippen molar-refractivity contribution in [1.82, 2.24) is 10.2 Å². The smallest absolute Gasteiger partial charge is 0.272 e. The van der Waals surface area contributed by atoms with E-state index in [1.807, 2.05) is 42.5 Å². The van der Waals surface area contributed by atoms with Crippen LogP contribution in [0.4, 0.5) is 5.69 Å². The summed E-state index contributed by atoms with van der Waals surface area (Å²) in [7, 11) is 1.44. The van der Waals surface area contributed by atoms with Crippen LogP contribution in [0.1, 0.15) is 18.1 Å². The molecule has 3 rings (SSSR count). The Morgan fingerprint density at radius 1 is 1.19 bits per heavy atom. The zero-order valence-corrected chi connectivity index (χ0v) is 18.6. The van der Waals surface area contributed by atoms with E-state index in [-0.39, 0.29) is 12.3 Å². The molecule has 1 radical (unpaired) electrons. The normalized spacial score (nSPS) is 16.3. The molecule has 0 saturated heterocycles. The van der Waals surface area contributed by atoms with E-state index in [1.165, 1.54) is 23.8 Å². The number of nitrogens with one attached hydrogen (secondary N) is 1. The van der Waals surface area contributed by atoms with Crippen LogP contribution in [0.15, 0.2) is 59.6 Å². The Kier molecular flexibility index (Phi) is 7.42. The van der Waals surface area contributed by atoms with Crippen molar-refractivity contribution in [2.45, 2.75) is 19.1 Å². The summed E-state index contributed by atoms with van der Waals surface area (Å²) in [5.74, 6) is -1.42. The molecule has 0 fully saturated rings. The lowest BCUT2D eigenvalue weighted by molar-refractivity contribution is -0.140. The first-order chi connectivity index (χ1) is 15.4. The predicted octanol–water partition coefficient (Wildman–Crippen LogP) is 1.20. The summed E-state index contributed by atoms with van der Waals surface area (Å²) in [5, 5.41) is 2.53. The predicted molar refractivity (Wildman–Crippen MR) is 125 cm³/mol. The molecule has 165 valence electrons. The number of para-hydroxylation sites is 1. The molecule has 1 heterocycles. The molecule has 3 amide bonds. The monoisotopic (exact) mass is 451 g/mol. The highest BCUT2D eigenvalue weighted by atomic mass is 32.1. The Bertz CT molecular complexity index is 1060. The number of carbonyl (C=O) groups is 3. The molecule has 1 aliphatic heterocycles. The standard InChI is InChI=1S/C23H23N4O4S/c1-15(29)24-18(14-32)22(30)26(2)21-23(31)27(12-13-28)19-11-7-6-10-17(19)20(25-21)16-8-4-3-5-9-16/h3-11,18,21,32H,12,14H2,1-2H3,(H,24,29). The number of benzene rings is 2. The second-order valence-electron chi connectivity index (χ2n) is 7.19. The van der Waals surface area contributed by atoms with Crippen molar-refractivity contribution in [3.8, 4) is 0 Å². The number of nitrogens with zero attached hydrogens (tertiary/aromatic N) is 3. The maximum Gasteiger partial charge on any atom is 0.272 e. The van der Waals surface area contributed by atoms with Crippen LogP contribution in [0.3, 0.4) is 0 Å². The minimum absolute atomic E-state index is 0.0466. The minimum atomic E-state index is -1.26. The van der Waals surface area contributed by atoms with Gasteiger partial charge >= 0.3 is 0 Å². The van der Waals surface area contributed by atoms with Gasteiger partial charge in [0.15, 0.2) is 0 Å². The highest BCUT2D eigenvalue weighted by Crippen LogP contribution is 2.29. The number of rotatable bonds is 7. The number of likely N-dealkylation sites (N-methyl/N-ethyl adjacent to an activating group) is 1. The van der Waals surface area contributed by atoms with Gasteiger partial charge in [-0.25, -0.2) is 4.99 Å². The highest BCUT2D eigenvalue weighted by molar-refractivity contribution is 7.80. The van der Waals surface area contributed by atoms with E-state index in [0.717, 1.165) is 5.56 Å². The number of benzodiazepines with no additional fused rings is 1. The summed E-state index contributed by atoms with van der Waals surface area (Å²) in [6.45, 7) is 0.984. The molecule has 1 N–H and O–H groups in total. The lowest BCUT2D eigenvalue weighted by Gasteiger charge is -2.30. The fourth-order valence-corrected chi connectivity index (χ4v) is 3.77. The second kappa shape index (κ2) is 10.2. The molecule has 0 aromatic heterocycles. The Morgan fingerprint density at radius 2 is 1.84 bits per heavy atom. The third-order valence-corrected chi connectivity index (χ3v) is 5.40. The van der Waals surface area contributed by atoms with E-state index in [9.17, 15) is 19.2 Å². The van der Waals surface area contributed by atoms with Gasteiger partial charge in [0, 0.05) is 30.9 Å². The first kappa shape index (κ1) is 23.2. The van der Waals surface area contributed by atoms with E-state index in [0.29, 0.717) is 17.0 Å². The molecule has 2 aromatic carbocycles. The molecule has 2 atom stereocenters. The molecule has 0 aliphatic carbocycles. The Balaban J connectivity index is 2.14. The lowest BCUT2D eigenvalue weighted by Crippen LogP contribution is -2.55. The molecule has 32 heavy (non-hydrogen) atoms. The van der Waals surface area contributed by atoms with E-state index in [1.54, 1.807) is 18.4 Å².